The van der Waals surface area contributed by atoms with Gasteiger partial charge in [0.15, 0.2) is 0 Å². The van der Waals surface area contributed by atoms with E-state index in [9.17, 15) is 4.79 Å². The Morgan fingerprint density at radius 2 is 2.21 bits per heavy atom. The minimum Gasteiger partial charge on any atom is -0.316 e. The normalized spacial score (nSPS) is 21.8. The first-order valence-electron chi connectivity index (χ1n) is 5.91. The zero-order valence-electron chi connectivity index (χ0n) is 9.51. The molecule has 1 heterocycles. The van der Waals surface area contributed by atoms with Crippen molar-refractivity contribution < 1.29 is 4.79 Å². The Hall–Kier alpha value is -0.370. The lowest BCUT2D eigenvalue weighted by molar-refractivity contribution is -0.119. The molecule has 0 aromatic rings. The van der Waals surface area contributed by atoms with Crippen LogP contribution in [-0.4, -0.2) is 18.9 Å². The van der Waals surface area contributed by atoms with Gasteiger partial charge in [0.25, 0.3) is 0 Å². The Morgan fingerprint density at radius 1 is 1.43 bits per heavy atom. The first-order valence-corrected chi connectivity index (χ1v) is 5.91. The molecule has 0 aromatic carbocycles. The first-order chi connectivity index (χ1) is 6.68. The Bertz CT molecular complexity index is 171. The number of ketones is 1. The van der Waals surface area contributed by atoms with Gasteiger partial charge in [0.1, 0.15) is 5.78 Å². The topological polar surface area (TPSA) is 29.1 Å². The van der Waals surface area contributed by atoms with Gasteiger partial charge in [-0.2, -0.15) is 0 Å². The van der Waals surface area contributed by atoms with Crippen LogP contribution in [0, 0.1) is 11.8 Å². The van der Waals surface area contributed by atoms with Gasteiger partial charge in [0.2, 0.25) is 0 Å². The van der Waals surface area contributed by atoms with Crippen LogP contribution in [0.25, 0.3) is 0 Å². The summed E-state index contributed by atoms with van der Waals surface area (Å²) in [4.78, 5) is 11.5. The van der Waals surface area contributed by atoms with Gasteiger partial charge >= 0.3 is 0 Å². The van der Waals surface area contributed by atoms with Crippen molar-refractivity contribution >= 4 is 5.78 Å². The van der Waals surface area contributed by atoms with E-state index in [4.69, 9.17) is 0 Å². The molecule has 0 spiro atoms. The molecule has 0 aliphatic carbocycles. The summed E-state index contributed by atoms with van der Waals surface area (Å²) >= 11 is 0. The second kappa shape index (κ2) is 6.18. The number of hydrogen-bond acceptors (Lipinski definition) is 2. The summed E-state index contributed by atoms with van der Waals surface area (Å²) in [6.07, 6.45) is 5.01. The van der Waals surface area contributed by atoms with E-state index in [1.54, 1.807) is 0 Å². The van der Waals surface area contributed by atoms with Crippen molar-refractivity contribution in [2.45, 2.75) is 46.0 Å². The van der Waals surface area contributed by atoms with Crippen LogP contribution in [0.4, 0.5) is 0 Å². The molecule has 82 valence electrons. The van der Waals surface area contributed by atoms with Crippen LogP contribution in [0.2, 0.25) is 0 Å². The van der Waals surface area contributed by atoms with E-state index in [0.29, 0.717) is 11.7 Å². The van der Waals surface area contributed by atoms with E-state index in [-0.39, 0.29) is 0 Å². The quantitative estimate of drug-likeness (QED) is 0.708. The molecule has 1 aliphatic rings. The van der Waals surface area contributed by atoms with Gasteiger partial charge in [-0.25, -0.2) is 0 Å². The van der Waals surface area contributed by atoms with E-state index in [1.807, 2.05) is 0 Å². The van der Waals surface area contributed by atoms with E-state index in [2.05, 4.69) is 19.2 Å². The van der Waals surface area contributed by atoms with Gasteiger partial charge in [-0.3, -0.25) is 4.79 Å². The largest absolute Gasteiger partial charge is 0.316 e. The van der Waals surface area contributed by atoms with Gasteiger partial charge in [0, 0.05) is 12.8 Å². The van der Waals surface area contributed by atoms with Gasteiger partial charge in [-0.1, -0.05) is 13.8 Å². The summed E-state index contributed by atoms with van der Waals surface area (Å²) in [6, 6.07) is 0. The lowest BCUT2D eigenvalue weighted by atomic mass is 9.97. The summed E-state index contributed by atoms with van der Waals surface area (Å²) in [5.41, 5.74) is 0. The number of nitrogens with one attached hydrogen (secondary N) is 1. The molecule has 0 amide bonds. The zero-order valence-corrected chi connectivity index (χ0v) is 9.51. The van der Waals surface area contributed by atoms with Crippen LogP contribution in [0.5, 0.6) is 0 Å². The molecule has 1 fully saturated rings. The van der Waals surface area contributed by atoms with Crippen molar-refractivity contribution in [1.29, 1.82) is 0 Å². The average Bonchev–Trinajstić information content (AvgIpc) is 2.63. The van der Waals surface area contributed by atoms with E-state index in [0.717, 1.165) is 44.7 Å². The van der Waals surface area contributed by atoms with Gasteiger partial charge < -0.3 is 5.32 Å². The van der Waals surface area contributed by atoms with Gasteiger partial charge in [0.05, 0.1) is 0 Å². The monoisotopic (exact) mass is 197 g/mol. The maximum atomic E-state index is 11.5. The molecule has 1 atom stereocenters. The molecule has 1 rings (SSSR count). The Kier molecular flexibility index (Phi) is 5.16. The number of carbonyl (C=O) groups is 1. The Labute approximate surface area is 87.5 Å². The fraction of sp³-hybridized carbons (Fsp3) is 0.917. The van der Waals surface area contributed by atoms with Gasteiger partial charge in [-0.15, -0.1) is 0 Å². The first kappa shape index (κ1) is 11.7. The minimum atomic E-state index is 0.464. The van der Waals surface area contributed by atoms with Crippen LogP contribution < -0.4 is 5.32 Å². The molecular formula is C12H23NO. The lowest BCUT2D eigenvalue weighted by Gasteiger charge is -2.07. The second-order valence-corrected chi connectivity index (χ2v) is 4.87. The molecule has 2 nitrogen and oxygen atoms in total. The third kappa shape index (κ3) is 4.75. The van der Waals surface area contributed by atoms with Crippen LogP contribution in [0.15, 0.2) is 0 Å². The maximum Gasteiger partial charge on any atom is 0.132 e. The third-order valence-corrected chi connectivity index (χ3v) is 2.99. The summed E-state index contributed by atoms with van der Waals surface area (Å²) in [5.74, 6) is 1.88. The SMILES string of the molecule is CC(C)CCC(=O)CCC1CCNC1. The third-order valence-electron chi connectivity index (χ3n) is 2.99. The number of Topliss-reactive ketones (excluding diaryl/α,β-unsaturated/α-hetero) is 1. The molecule has 0 aromatic heterocycles. The highest BCUT2D eigenvalue weighted by Gasteiger charge is 2.15. The summed E-state index contributed by atoms with van der Waals surface area (Å²) in [5, 5.41) is 3.33. The zero-order chi connectivity index (χ0) is 10.4. The number of rotatable bonds is 6. The summed E-state index contributed by atoms with van der Waals surface area (Å²) in [7, 11) is 0. The fourth-order valence-corrected chi connectivity index (χ4v) is 1.90. The van der Waals surface area contributed by atoms with Crippen molar-refractivity contribution in [2.24, 2.45) is 11.8 Å². The van der Waals surface area contributed by atoms with Crippen LogP contribution in [0.1, 0.15) is 46.0 Å². The molecule has 0 saturated carbocycles. The molecule has 2 heteroatoms. The number of carbonyl (C=O) groups excluding carboxylic acids is 1. The van der Waals surface area contributed by atoms with Crippen molar-refractivity contribution in [2.75, 3.05) is 13.1 Å². The molecule has 1 unspecified atom stereocenters. The van der Waals surface area contributed by atoms with E-state index in [1.165, 1.54) is 6.42 Å². The van der Waals surface area contributed by atoms with E-state index >= 15 is 0 Å². The standard InChI is InChI=1S/C12H23NO/c1-10(2)3-5-12(14)6-4-11-7-8-13-9-11/h10-11,13H,3-9H2,1-2H3. The maximum absolute atomic E-state index is 11.5. The second-order valence-electron chi connectivity index (χ2n) is 4.87. The molecule has 0 bridgehead atoms. The Morgan fingerprint density at radius 3 is 2.79 bits per heavy atom. The van der Waals surface area contributed by atoms with Crippen molar-refractivity contribution in [3.05, 3.63) is 0 Å². The van der Waals surface area contributed by atoms with Crippen molar-refractivity contribution in [1.82, 2.24) is 5.32 Å². The summed E-state index contributed by atoms with van der Waals surface area (Å²) in [6.45, 7) is 6.62. The molecule has 1 saturated heterocycles. The van der Waals surface area contributed by atoms with Crippen molar-refractivity contribution in [3.63, 3.8) is 0 Å². The molecule has 14 heavy (non-hydrogen) atoms. The average molecular weight is 197 g/mol. The molecular weight excluding hydrogens is 174 g/mol. The summed E-state index contributed by atoms with van der Waals surface area (Å²) < 4.78 is 0. The van der Waals surface area contributed by atoms with Crippen LogP contribution >= 0.6 is 0 Å². The highest BCUT2D eigenvalue weighted by atomic mass is 16.1. The fourth-order valence-electron chi connectivity index (χ4n) is 1.90. The van der Waals surface area contributed by atoms with Gasteiger partial charge in [-0.05, 0) is 44.2 Å². The predicted molar refractivity (Wildman–Crippen MR) is 59.3 cm³/mol. The smallest absolute Gasteiger partial charge is 0.132 e. The lowest BCUT2D eigenvalue weighted by Crippen LogP contribution is -2.10. The van der Waals surface area contributed by atoms with Crippen LogP contribution in [-0.2, 0) is 4.79 Å². The molecule has 1 aliphatic heterocycles. The van der Waals surface area contributed by atoms with Crippen molar-refractivity contribution in [3.8, 4) is 0 Å². The Balaban J connectivity index is 2.02. The predicted octanol–water partition coefficient (Wildman–Crippen LogP) is 2.38. The van der Waals surface area contributed by atoms with Crippen LogP contribution in [0.3, 0.4) is 0 Å². The van der Waals surface area contributed by atoms with E-state index < -0.39 is 0 Å². The highest BCUT2D eigenvalue weighted by Crippen LogP contribution is 2.16. The molecule has 1 N–H and O–H groups in total. The minimum absolute atomic E-state index is 0.464. The molecule has 0 radical (unpaired) electrons. The number of hydrogen-bond donors (Lipinski definition) is 1. The highest BCUT2D eigenvalue weighted by molar-refractivity contribution is 5.78.